The van der Waals surface area contributed by atoms with E-state index in [1.807, 2.05) is 48.0 Å². The number of hydrogen-bond donors (Lipinski definition) is 0. The van der Waals surface area contributed by atoms with Gasteiger partial charge in [-0.1, -0.05) is 18.2 Å². The summed E-state index contributed by atoms with van der Waals surface area (Å²) >= 11 is 1.42. The summed E-state index contributed by atoms with van der Waals surface area (Å²) in [5.74, 6) is -0.283. The number of aromatic nitrogens is 2. The van der Waals surface area contributed by atoms with Crippen LogP contribution in [0.4, 0.5) is 0 Å². The lowest BCUT2D eigenvalue weighted by Crippen LogP contribution is -2.25. The van der Waals surface area contributed by atoms with E-state index in [2.05, 4.69) is 5.10 Å². The SMILES string of the molecule is Cc1nn(-c2ccccc2)c2sc(C(=O)OCC3CCCCO3)cc12. The highest BCUT2D eigenvalue weighted by Gasteiger charge is 2.20. The Morgan fingerprint density at radius 3 is 2.96 bits per heavy atom. The van der Waals surface area contributed by atoms with Crippen molar-refractivity contribution < 1.29 is 14.3 Å². The summed E-state index contributed by atoms with van der Waals surface area (Å²) in [6, 6.07) is 11.8. The molecule has 5 nitrogen and oxygen atoms in total. The Kier molecular flexibility index (Phi) is 4.55. The third kappa shape index (κ3) is 3.32. The van der Waals surface area contributed by atoms with Crippen molar-refractivity contribution in [1.82, 2.24) is 9.78 Å². The van der Waals surface area contributed by atoms with Crippen LogP contribution >= 0.6 is 11.3 Å². The molecule has 0 radical (unpaired) electrons. The molecule has 1 aliphatic heterocycles. The zero-order chi connectivity index (χ0) is 17.2. The zero-order valence-electron chi connectivity index (χ0n) is 14.1. The van der Waals surface area contributed by atoms with Crippen molar-refractivity contribution in [3.63, 3.8) is 0 Å². The van der Waals surface area contributed by atoms with Crippen LogP contribution in [0.3, 0.4) is 0 Å². The van der Waals surface area contributed by atoms with E-state index in [0.29, 0.717) is 11.5 Å². The monoisotopic (exact) mass is 356 g/mol. The molecule has 0 bridgehead atoms. The molecule has 1 aliphatic rings. The standard InChI is InChI=1S/C19H20N2O3S/c1-13-16-11-17(19(22)24-12-15-9-5-6-10-23-15)25-18(16)21(20-13)14-7-3-2-4-8-14/h2-4,7-8,11,15H,5-6,9-10,12H2,1H3. The fourth-order valence-electron chi connectivity index (χ4n) is 3.07. The molecule has 0 aliphatic carbocycles. The summed E-state index contributed by atoms with van der Waals surface area (Å²) in [5, 5.41) is 5.59. The minimum absolute atomic E-state index is 0.0358. The molecule has 1 fully saturated rings. The van der Waals surface area contributed by atoms with Crippen molar-refractivity contribution in [3.05, 3.63) is 47.0 Å². The number of ether oxygens (including phenoxy) is 2. The van der Waals surface area contributed by atoms with Crippen molar-refractivity contribution >= 4 is 27.5 Å². The van der Waals surface area contributed by atoms with Crippen molar-refractivity contribution in [3.8, 4) is 5.69 Å². The normalized spacial score (nSPS) is 17.7. The second kappa shape index (κ2) is 6.98. The fourth-order valence-corrected chi connectivity index (χ4v) is 4.15. The lowest BCUT2D eigenvalue weighted by atomic mass is 10.1. The molecule has 25 heavy (non-hydrogen) atoms. The van der Waals surface area contributed by atoms with Gasteiger partial charge in [0.2, 0.25) is 0 Å². The van der Waals surface area contributed by atoms with Crippen molar-refractivity contribution in [2.75, 3.05) is 13.2 Å². The number of fused-ring (bicyclic) bond motifs is 1. The van der Waals surface area contributed by atoms with Crippen molar-refractivity contribution in [2.24, 2.45) is 0 Å². The van der Waals surface area contributed by atoms with Crippen molar-refractivity contribution in [1.29, 1.82) is 0 Å². The maximum atomic E-state index is 12.4. The highest BCUT2D eigenvalue weighted by molar-refractivity contribution is 7.20. The van der Waals surface area contributed by atoms with Gasteiger partial charge in [-0.25, -0.2) is 9.48 Å². The Morgan fingerprint density at radius 1 is 1.36 bits per heavy atom. The van der Waals surface area contributed by atoms with Gasteiger partial charge in [-0.05, 0) is 44.4 Å². The molecule has 6 heteroatoms. The van der Waals surface area contributed by atoms with Crippen molar-refractivity contribution in [2.45, 2.75) is 32.3 Å². The Morgan fingerprint density at radius 2 is 2.20 bits per heavy atom. The fraction of sp³-hybridized carbons (Fsp3) is 0.368. The summed E-state index contributed by atoms with van der Waals surface area (Å²) in [6.45, 7) is 3.05. The average molecular weight is 356 g/mol. The molecule has 3 heterocycles. The van der Waals surface area contributed by atoms with E-state index >= 15 is 0 Å². The Balaban J connectivity index is 1.55. The predicted octanol–water partition coefficient (Wildman–Crippen LogP) is 4.12. The van der Waals surface area contributed by atoms with Gasteiger partial charge in [0, 0.05) is 12.0 Å². The van der Waals surface area contributed by atoms with Gasteiger partial charge in [-0.2, -0.15) is 5.10 Å². The van der Waals surface area contributed by atoms with E-state index in [0.717, 1.165) is 47.5 Å². The van der Waals surface area contributed by atoms with Crippen LogP contribution < -0.4 is 0 Å². The smallest absolute Gasteiger partial charge is 0.348 e. The number of aryl methyl sites for hydroxylation is 1. The Labute approximate surface area is 150 Å². The lowest BCUT2D eigenvalue weighted by Gasteiger charge is -2.21. The first kappa shape index (κ1) is 16.3. The second-order valence-corrected chi connectivity index (χ2v) is 7.28. The van der Waals surface area contributed by atoms with E-state index < -0.39 is 0 Å². The molecular formula is C19H20N2O3S. The highest BCUT2D eigenvalue weighted by Crippen LogP contribution is 2.30. The summed E-state index contributed by atoms with van der Waals surface area (Å²) in [6.07, 6.45) is 3.23. The largest absolute Gasteiger partial charge is 0.459 e. The average Bonchev–Trinajstić information content (AvgIpc) is 3.22. The first-order valence-corrected chi connectivity index (χ1v) is 9.37. The summed E-state index contributed by atoms with van der Waals surface area (Å²) in [5.41, 5.74) is 1.89. The van der Waals surface area contributed by atoms with Crippen LogP contribution in [0.2, 0.25) is 0 Å². The van der Waals surface area contributed by atoms with E-state index in [-0.39, 0.29) is 12.1 Å². The molecule has 2 aromatic heterocycles. The molecule has 130 valence electrons. The van der Waals surface area contributed by atoms with E-state index in [4.69, 9.17) is 9.47 Å². The minimum Gasteiger partial charge on any atom is -0.459 e. The number of carbonyl (C=O) groups excluding carboxylic acids is 1. The first-order chi connectivity index (χ1) is 12.2. The number of carbonyl (C=O) groups is 1. The predicted molar refractivity (Wildman–Crippen MR) is 97.6 cm³/mol. The molecule has 3 aromatic rings. The van der Waals surface area contributed by atoms with Crippen LogP contribution in [0.1, 0.15) is 34.6 Å². The van der Waals surface area contributed by atoms with Crippen LogP contribution in [0.15, 0.2) is 36.4 Å². The van der Waals surface area contributed by atoms with Crippen LogP contribution in [0, 0.1) is 6.92 Å². The third-order valence-electron chi connectivity index (χ3n) is 4.42. The molecule has 1 atom stereocenters. The Hall–Kier alpha value is -2.18. The molecule has 0 N–H and O–H groups in total. The Bertz CT molecular complexity index is 879. The molecule has 1 unspecified atom stereocenters. The molecule has 4 rings (SSSR count). The quantitative estimate of drug-likeness (QED) is 0.660. The molecule has 0 amide bonds. The second-order valence-electron chi connectivity index (χ2n) is 6.25. The minimum atomic E-state index is -0.283. The zero-order valence-corrected chi connectivity index (χ0v) is 14.9. The van der Waals surface area contributed by atoms with E-state index in [9.17, 15) is 4.79 Å². The number of thiophene rings is 1. The van der Waals surface area contributed by atoms with Gasteiger partial charge < -0.3 is 9.47 Å². The molecule has 0 spiro atoms. The highest BCUT2D eigenvalue weighted by atomic mass is 32.1. The molecular weight excluding hydrogens is 336 g/mol. The van der Waals surface area contributed by atoms with Crippen LogP contribution in [-0.4, -0.2) is 35.1 Å². The van der Waals surface area contributed by atoms with E-state index in [1.165, 1.54) is 11.3 Å². The maximum Gasteiger partial charge on any atom is 0.348 e. The maximum absolute atomic E-state index is 12.4. The summed E-state index contributed by atoms with van der Waals surface area (Å²) in [7, 11) is 0. The molecule has 1 saturated heterocycles. The van der Waals surface area contributed by atoms with E-state index in [1.54, 1.807) is 0 Å². The van der Waals surface area contributed by atoms with Gasteiger partial charge >= 0.3 is 5.97 Å². The van der Waals surface area contributed by atoms with Crippen LogP contribution in [0.25, 0.3) is 15.9 Å². The topological polar surface area (TPSA) is 53.4 Å². The lowest BCUT2D eigenvalue weighted by molar-refractivity contribution is -0.0298. The first-order valence-electron chi connectivity index (χ1n) is 8.55. The summed E-state index contributed by atoms with van der Waals surface area (Å²) in [4.78, 5) is 14.0. The van der Waals surface area contributed by atoms with Gasteiger partial charge in [-0.15, -0.1) is 11.3 Å². The van der Waals surface area contributed by atoms with Crippen LogP contribution in [0.5, 0.6) is 0 Å². The number of rotatable bonds is 4. The summed E-state index contributed by atoms with van der Waals surface area (Å²) < 4.78 is 13.0. The van der Waals surface area contributed by atoms with Gasteiger partial charge in [0.25, 0.3) is 0 Å². The van der Waals surface area contributed by atoms with Gasteiger partial charge in [-0.3, -0.25) is 0 Å². The van der Waals surface area contributed by atoms with Gasteiger partial charge in [0.05, 0.1) is 17.5 Å². The number of para-hydroxylation sites is 1. The van der Waals surface area contributed by atoms with Crippen LogP contribution in [-0.2, 0) is 9.47 Å². The van der Waals surface area contributed by atoms with Gasteiger partial charge in [0.15, 0.2) is 0 Å². The number of hydrogen-bond acceptors (Lipinski definition) is 5. The number of benzene rings is 1. The number of esters is 1. The van der Waals surface area contributed by atoms with Gasteiger partial charge in [0.1, 0.15) is 16.3 Å². The third-order valence-corrected chi connectivity index (χ3v) is 5.51. The number of nitrogens with zero attached hydrogens (tertiary/aromatic N) is 2. The molecule has 1 aromatic carbocycles. The molecule has 0 saturated carbocycles.